The van der Waals surface area contributed by atoms with Gasteiger partial charge in [0.2, 0.25) is 0 Å². The zero-order valence-corrected chi connectivity index (χ0v) is 12.9. The van der Waals surface area contributed by atoms with E-state index in [1.54, 1.807) is 0 Å². The highest BCUT2D eigenvalue weighted by molar-refractivity contribution is 7.11. The van der Waals surface area contributed by atoms with Crippen LogP contribution in [0.3, 0.4) is 0 Å². The number of halogens is 1. The van der Waals surface area contributed by atoms with E-state index in [0.717, 1.165) is 49.2 Å². The highest BCUT2D eigenvalue weighted by atomic mass is 35.5. The van der Waals surface area contributed by atoms with Gasteiger partial charge in [-0.05, 0) is 17.7 Å². The largest absolute Gasteiger partial charge is 0.314 e. The minimum Gasteiger partial charge on any atom is -0.314 e. The van der Waals surface area contributed by atoms with Gasteiger partial charge in [0, 0.05) is 55.2 Å². The van der Waals surface area contributed by atoms with Crippen molar-refractivity contribution in [1.82, 2.24) is 15.2 Å². The van der Waals surface area contributed by atoms with Crippen LogP contribution in [-0.2, 0) is 13.0 Å². The smallest absolute Gasteiger partial charge is 0.0972 e. The molecule has 1 aliphatic rings. The standard InChI is InChI=1S/C15H18ClN3S/c16-13-3-1-2-12(8-13)9-15-18-10-14(20-15)11-19-6-4-17-5-7-19/h1-3,8,10,17H,4-7,9,11H2. The normalized spacial score (nSPS) is 16.4. The number of rotatable bonds is 4. The van der Waals surface area contributed by atoms with E-state index in [2.05, 4.69) is 21.3 Å². The summed E-state index contributed by atoms with van der Waals surface area (Å²) >= 11 is 7.83. The van der Waals surface area contributed by atoms with Crippen LogP contribution in [-0.4, -0.2) is 36.1 Å². The summed E-state index contributed by atoms with van der Waals surface area (Å²) in [5.41, 5.74) is 1.22. The van der Waals surface area contributed by atoms with Crippen molar-refractivity contribution in [2.24, 2.45) is 0 Å². The Morgan fingerprint density at radius 2 is 2.15 bits per heavy atom. The molecule has 1 aromatic heterocycles. The number of nitrogens with zero attached hydrogens (tertiary/aromatic N) is 2. The lowest BCUT2D eigenvalue weighted by Crippen LogP contribution is -2.42. The molecule has 1 fully saturated rings. The number of aromatic nitrogens is 1. The number of hydrogen-bond donors (Lipinski definition) is 1. The molecule has 3 nitrogen and oxygen atoms in total. The molecule has 1 aliphatic heterocycles. The van der Waals surface area contributed by atoms with Gasteiger partial charge in [-0.2, -0.15) is 0 Å². The van der Waals surface area contributed by atoms with E-state index in [1.807, 2.05) is 35.7 Å². The Morgan fingerprint density at radius 3 is 2.95 bits per heavy atom. The van der Waals surface area contributed by atoms with Crippen LogP contribution in [0.2, 0.25) is 5.02 Å². The van der Waals surface area contributed by atoms with Crippen molar-refractivity contribution in [3.63, 3.8) is 0 Å². The predicted molar refractivity (Wildman–Crippen MR) is 84.5 cm³/mol. The Balaban J connectivity index is 1.61. The van der Waals surface area contributed by atoms with Gasteiger partial charge in [0.25, 0.3) is 0 Å². The molecule has 0 atom stereocenters. The van der Waals surface area contributed by atoms with Crippen molar-refractivity contribution in [3.8, 4) is 0 Å². The van der Waals surface area contributed by atoms with Crippen LogP contribution in [0.4, 0.5) is 0 Å². The van der Waals surface area contributed by atoms with E-state index in [4.69, 9.17) is 11.6 Å². The van der Waals surface area contributed by atoms with Gasteiger partial charge in [0.1, 0.15) is 0 Å². The Kier molecular flexibility index (Phi) is 4.68. The third-order valence-electron chi connectivity index (χ3n) is 3.43. The molecule has 0 saturated carbocycles. The molecule has 1 N–H and O–H groups in total. The summed E-state index contributed by atoms with van der Waals surface area (Å²) in [6, 6.07) is 8.01. The average molecular weight is 308 g/mol. The lowest BCUT2D eigenvalue weighted by Gasteiger charge is -2.26. The van der Waals surface area contributed by atoms with Crippen molar-refractivity contribution >= 4 is 22.9 Å². The first-order valence-corrected chi connectivity index (χ1v) is 8.10. The summed E-state index contributed by atoms with van der Waals surface area (Å²) in [6.07, 6.45) is 2.89. The van der Waals surface area contributed by atoms with E-state index in [9.17, 15) is 0 Å². The van der Waals surface area contributed by atoms with E-state index in [0.29, 0.717) is 0 Å². The zero-order chi connectivity index (χ0) is 13.8. The number of piperazine rings is 1. The van der Waals surface area contributed by atoms with Crippen molar-refractivity contribution in [1.29, 1.82) is 0 Å². The number of benzene rings is 1. The molecule has 1 aromatic carbocycles. The molecule has 5 heteroatoms. The highest BCUT2D eigenvalue weighted by Gasteiger charge is 2.12. The Hall–Kier alpha value is -0.940. The Bertz CT molecular complexity index is 564. The number of thiazole rings is 1. The maximum Gasteiger partial charge on any atom is 0.0972 e. The second-order valence-corrected chi connectivity index (χ2v) is 6.69. The van der Waals surface area contributed by atoms with Crippen LogP contribution in [0.1, 0.15) is 15.4 Å². The molecule has 2 heterocycles. The summed E-state index contributed by atoms with van der Waals surface area (Å²) in [5.74, 6) is 0. The van der Waals surface area contributed by atoms with Gasteiger partial charge in [0.05, 0.1) is 5.01 Å². The quantitative estimate of drug-likeness (QED) is 0.941. The van der Waals surface area contributed by atoms with Gasteiger partial charge in [-0.1, -0.05) is 23.7 Å². The van der Waals surface area contributed by atoms with Crippen LogP contribution in [0, 0.1) is 0 Å². The molecule has 0 bridgehead atoms. The molecule has 106 valence electrons. The highest BCUT2D eigenvalue weighted by Crippen LogP contribution is 2.20. The summed E-state index contributed by atoms with van der Waals surface area (Å²) in [4.78, 5) is 8.37. The van der Waals surface area contributed by atoms with Crippen LogP contribution in [0.5, 0.6) is 0 Å². The van der Waals surface area contributed by atoms with Crippen molar-refractivity contribution in [2.75, 3.05) is 26.2 Å². The SMILES string of the molecule is Clc1cccc(Cc2ncc(CN3CCNCC3)s2)c1. The van der Waals surface area contributed by atoms with Gasteiger partial charge in [0.15, 0.2) is 0 Å². The van der Waals surface area contributed by atoms with Crippen molar-refractivity contribution in [2.45, 2.75) is 13.0 Å². The molecular formula is C15H18ClN3S. The van der Waals surface area contributed by atoms with E-state index >= 15 is 0 Å². The van der Waals surface area contributed by atoms with Crippen LogP contribution >= 0.6 is 22.9 Å². The number of nitrogens with one attached hydrogen (secondary N) is 1. The van der Waals surface area contributed by atoms with Gasteiger partial charge >= 0.3 is 0 Å². The molecular weight excluding hydrogens is 290 g/mol. The maximum absolute atomic E-state index is 6.02. The lowest BCUT2D eigenvalue weighted by atomic mass is 10.2. The molecule has 0 unspecified atom stereocenters. The molecule has 2 aromatic rings. The first kappa shape index (κ1) is 14.0. The minimum atomic E-state index is 0.792. The van der Waals surface area contributed by atoms with Gasteiger partial charge in [-0.3, -0.25) is 4.90 Å². The summed E-state index contributed by atoms with van der Waals surface area (Å²) < 4.78 is 0. The van der Waals surface area contributed by atoms with E-state index in [1.165, 1.54) is 10.4 Å². The summed E-state index contributed by atoms with van der Waals surface area (Å²) in [6.45, 7) is 5.46. The van der Waals surface area contributed by atoms with Crippen LogP contribution < -0.4 is 5.32 Å². The third-order valence-corrected chi connectivity index (χ3v) is 4.65. The molecule has 3 rings (SSSR count). The van der Waals surface area contributed by atoms with Crippen molar-refractivity contribution in [3.05, 3.63) is 50.9 Å². The first-order chi connectivity index (χ1) is 9.79. The van der Waals surface area contributed by atoms with Gasteiger partial charge < -0.3 is 5.32 Å². The average Bonchev–Trinajstić information content (AvgIpc) is 2.87. The first-order valence-electron chi connectivity index (χ1n) is 6.91. The monoisotopic (exact) mass is 307 g/mol. The molecule has 20 heavy (non-hydrogen) atoms. The molecule has 0 spiro atoms. The molecule has 0 radical (unpaired) electrons. The second-order valence-electron chi connectivity index (χ2n) is 5.05. The predicted octanol–water partition coefficient (Wildman–Crippen LogP) is 2.79. The van der Waals surface area contributed by atoms with Gasteiger partial charge in [-0.15, -0.1) is 11.3 Å². The van der Waals surface area contributed by atoms with Crippen LogP contribution in [0.25, 0.3) is 0 Å². The fourth-order valence-electron chi connectivity index (χ4n) is 2.41. The summed E-state index contributed by atoms with van der Waals surface area (Å²) in [7, 11) is 0. The fourth-order valence-corrected chi connectivity index (χ4v) is 3.63. The zero-order valence-electron chi connectivity index (χ0n) is 11.3. The second kappa shape index (κ2) is 6.68. The number of hydrogen-bond acceptors (Lipinski definition) is 4. The Labute approximate surface area is 128 Å². The van der Waals surface area contributed by atoms with E-state index in [-0.39, 0.29) is 0 Å². The Morgan fingerprint density at radius 1 is 1.30 bits per heavy atom. The maximum atomic E-state index is 6.02. The topological polar surface area (TPSA) is 28.2 Å². The summed E-state index contributed by atoms with van der Waals surface area (Å²) in [5, 5.41) is 5.33. The fraction of sp³-hybridized carbons (Fsp3) is 0.400. The van der Waals surface area contributed by atoms with E-state index < -0.39 is 0 Å². The van der Waals surface area contributed by atoms with Crippen molar-refractivity contribution < 1.29 is 0 Å². The minimum absolute atomic E-state index is 0.792. The van der Waals surface area contributed by atoms with Gasteiger partial charge in [-0.25, -0.2) is 4.98 Å². The lowest BCUT2D eigenvalue weighted by molar-refractivity contribution is 0.235. The van der Waals surface area contributed by atoms with Crippen LogP contribution in [0.15, 0.2) is 30.5 Å². The molecule has 1 saturated heterocycles. The third kappa shape index (κ3) is 3.79. The molecule has 0 aliphatic carbocycles. The molecule has 0 amide bonds.